The van der Waals surface area contributed by atoms with Crippen molar-refractivity contribution in [3.8, 4) is 5.75 Å². The van der Waals surface area contributed by atoms with Crippen LogP contribution in [0.4, 0.5) is 10.1 Å². The highest BCUT2D eigenvalue weighted by Crippen LogP contribution is 2.27. The number of halogens is 1. The Hall–Kier alpha value is -2.96. The van der Waals surface area contributed by atoms with E-state index in [-0.39, 0.29) is 11.8 Å². The van der Waals surface area contributed by atoms with Gasteiger partial charge in [-0.2, -0.15) is 0 Å². The number of benzene rings is 2. The molecule has 0 aliphatic rings. The lowest BCUT2D eigenvalue weighted by Gasteiger charge is -2.15. The first-order valence-corrected chi connectivity index (χ1v) is 7.85. The summed E-state index contributed by atoms with van der Waals surface area (Å²) >= 11 is 0. The molecule has 0 heterocycles. The number of hydrogen-bond acceptors (Lipinski definition) is 4. The smallest absolute Gasteiger partial charge is 0.311 e. The molecule has 2 aromatic carbocycles. The van der Waals surface area contributed by atoms with E-state index in [2.05, 4.69) is 12.2 Å². The van der Waals surface area contributed by atoms with Crippen molar-refractivity contribution in [1.29, 1.82) is 0 Å². The van der Waals surface area contributed by atoms with Crippen molar-refractivity contribution in [2.75, 3.05) is 6.61 Å². The summed E-state index contributed by atoms with van der Waals surface area (Å²) in [6.45, 7) is 3.44. The SMILES string of the molecule is CCc1ccc(C(C)NC(=O)COc2cc(F)ccc2[N+](=O)[O-])cc1. The van der Waals surface area contributed by atoms with Crippen molar-refractivity contribution in [2.24, 2.45) is 0 Å². The maximum absolute atomic E-state index is 13.2. The molecular formula is C18H19FN2O4. The van der Waals surface area contributed by atoms with Gasteiger partial charge in [-0.25, -0.2) is 4.39 Å². The highest BCUT2D eigenvalue weighted by atomic mass is 19.1. The Morgan fingerprint density at radius 1 is 1.28 bits per heavy atom. The highest BCUT2D eigenvalue weighted by Gasteiger charge is 2.17. The molecule has 7 heteroatoms. The molecule has 132 valence electrons. The third-order valence-corrected chi connectivity index (χ3v) is 3.74. The third-order valence-electron chi connectivity index (χ3n) is 3.74. The lowest BCUT2D eigenvalue weighted by Crippen LogP contribution is -2.31. The van der Waals surface area contributed by atoms with Crippen LogP contribution in [0.1, 0.15) is 31.0 Å². The van der Waals surface area contributed by atoms with Gasteiger partial charge in [0, 0.05) is 12.1 Å². The second-order valence-electron chi connectivity index (χ2n) is 5.54. The zero-order valence-electron chi connectivity index (χ0n) is 14.0. The van der Waals surface area contributed by atoms with Gasteiger partial charge in [-0.15, -0.1) is 0 Å². The minimum absolute atomic E-state index is 0.246. The van der Waals surface area contributed by atoms with E-state index in [4.69, 9.17) is 4.74 Å². The summed E-state index contributed by atoms with van der Waals surface area (Å²) < 4.78 is 18.3. The molecule has 6 nitrogen and oxygen atoms in total. The number of amides is 1. The maximum Gasteiger partial charge on any atom is 0.311 e. The van der Waals surface area contributed by atoms with Crippen molar-refractivity contribution in [1.82, 2.24) is 5.32 Å². The number of nitro benzene ring substituents is 1. The largest absolute Gasteiger partial charge is 0.477 e. The fourth-order valence-electron chi connectivity index (χ4n) is 2.31. The van der Waals surface area contributed by atoms with Crippen LogP contribution >= 0.6 is 0 Å². The van der Waals surface area contributed by atoms with E-state index < -0.39 is 28.9 Å². The van der Waals surface area contributed by atoms with Gasteiger partial charge in [-0.1, -0.05) is 31.2 Å². The Balaban J connectivity index is 1.96. The molecule has 0 spiro atoms. The monoisotopic (exact) mass is 346 g/mol. The summed E-state index contributed by atoms with van der Waals surface area (Å²) in [6.07, 6.45) is 0.932. The van der Waals surface area contributed by atoms with Crippen molar-refractivity contribution in [3.05, 3.63) is 69.5 Å². The minimum atomic E-state index is -0.690. The fourth-order valence-corrected chi connectivity index (χ4v) is 2.31. The number of carbonyl (C=O) groups excluding carboxylic acids is 1. The molecule has 0 saturated carbocycles. The Labute approximate surface area is 144 Å². The van der Waals surface area contributed by atoms with Gasteiger partial charge in [0.15, 0.2) is 6.61 Å². The first kappa shape index (κ1) is 18.4. The van der Waals surface area contributed by atoms with Crippen molar-refractivity contribution in [2.45, 2.75) is 26.3 Å². The molecule has 25 heavy (non-hydrogen) atoms. The second-order valence-corrected chi connectivity index (χ2v) is 5.54. The molecule has 2 aromatic rings. The zero-order valence-corrected chi connectivity index (χ0v) is 14.0. The van der Waals surface area contributed by atoms with Gasteiger partial charge in [-0.3, -0.25) is 14.9 Å². The Morgan fingerprint density at radius 3 is 2.56 bits per heavy atom. The molecule has 1 atom stereocenters. The molecule has 0 aromatic heterocycles. The number of nitro groups is 1. The molecule has 0 aliphatic heterocycles. The summed E-state index contributed by atoms with van der Waals surface area (Å²) in [5, 5.41) is 13.6. The van der Waals surface area contributed by atoms with E-state index in [1.807, 2.05) is 31.2 Å². The number of aryl methyl sites for hydroxylation is 1. The maximum atomic E-state index is 13.2. The number of carbonyl (C=O) groups is 1. The lowest BCUT2D eigenvalue weighted by atomic mass is 10.1. The Morgan fingerprint density at radius 2 is 1.96 bits per heavy atom. The molecule has 1 unspecified atom stereocenters. The number of nitrogens with one attached hydrogen (secondary N) is 1. The summed E-state index contributed by atoms with van der Waals surface area (Å²) in [5.74, 6) is -1.41. The van der Waals surface area contributed by atoms with Crippen molar-refractivity contribution in [3.63, 3.8) is 0 Å². The molecule has 1 N–H and O–H groups in total. The zero-order chi connectivity index (χ0) is 18.4. The van der Waals surface area contributed by atoms with Gasteiger partial charge in [0.25, 0.3) is 5.91 Å². The average Bonchev–Trinajstić information content (AvgIpc) is 2.59. The normalized spacial score (nSPS) is 11.6. The highest BCUT2D eigenvalue weighted by molar-refractivity contribution is 5.78. The minimum Gasteiger partial charge on any atom is -0.477 e. The van der Waals surface area contributed by atoms with Crippen molar-refractivity contribution < 1.29 is 18.8 Å². The van der Waals surface area contributed by atoms with Crippen LogP contribution < -0.4 is 10.1 Å². The summed E-state index contributed by atoms with van der Waals surface area (Å²) in [6, 6.07) is 10.5. The second kappa shape index (κ2) is 8.23. The number of nitrogens with zero attached hydrogens (tertiary/aromatic N) is 1. The van der Waals surface area contributed by atoms with Crippen LogP contribution in [0.3, 0.4) is 0 Å². The van der Waals surface area contributed by atoms with Crippen LogP contribution in [0.25, 0.3) is 0 Å². The first-order chi connectivity index (χ1) is 11.9. The number of ether oxygens (including phenoxy) is 1. The van der Waals surface area contributed by atoms with Gasteiger partial charge in [0.05, 0.1) is 11.0 Å². The fraction of sp³-hybridized carbons (Fsp3) is 0.278. The van der Waals surface area contributed by atoms with Gasteiger partial charge in [0.1, 0.15) is 5.82 Å². The lowest BCUT2D eigenvalue weighted by molar-refractivity contribution is -0.385. The third kappa shape index (κ3) is 5.00. The van der Waals surface area contributed by atoms with Gasteiger partial charge >= 0.3 is 5.69 Å². The molecule has 0 bridgehead atoms. The van der Waals surface area contributed by atoms with Gasteiger partial charge in [0.2, 0.25) is 5.75 Å². The first-order valence-electron chi connectivity index (χ1n) is 7.85. The van der Waals surface area contributed by atoms with E-state index in [0.717, 1.165) is 30.2 Å². The van der Waals surface area contributed by atoms with E-state index in [1.54, 1.807) is 0 Å². The number of hydrogen-bond donors (Lipinski definition) is 1. The van der Waals surface area contributed by atoms with Crippen LogP contribution in [0.5, 0.6) is 5.75 Å². The van der Waals surface area contributed by atoms with Gasteiger partial charge < -0.3 is 10.1 Å². The van der Waals surface area contributed by atoms with Crippen LogP contribution in [-0.2, 0) is 11.2 Å². The van der Waals surface area contributed by atoms with E-state index in [0.29, 0.717) is 0 Å². The van der Waals surface area contributed by atoms with Crippen LogP contribution in [0, 0.1) is 15.9 Å². The van der Waals surface area contributed by atoms with Gasteiger partial charge in [-0.05, 0) is 30.5 Å². The van der Waals surface area contributed by atoms with Crippen molar-refractivity contribution >= 4 is 11.6 Å². The number of rotatable bonds is 7. The molecule has 0 radical (unpaired) electrons. The van der Waals surface area contributed by atoms with Crippen LogP contribution in [0.15, 0.2) is 42.5 Å². The quantitative estimate of drug-likeness (QED) is 0.614. The molecular weight excluding hydrogens is 327 g/mol. The summed E-state index contributed by atoms with van der Waals surface area (Å²) in [5.41, 5.74) is 1.74. The molecule has 0 aliphatic carbocycles. The predicted octanol–water partition coefficient (Wildman–Crippen LogP) is 3.55. The molecule has 1 amide bonds. The summed E-state index contributed by atoms with van der Waals surface area (Å²) in [4.78, 5) is 22.2. The average molecular weight is 346 g/mol. The molecule has 0 fully saturated rings. The Kier molecular flexibility index (Phi) is 6.05. The van der Waals surface area contributed by atoms with Crippen LogP contribution in [-0.4, -0.2) is 17.4 Å². The molecule has 0 saturated heterocycles. The molecule has 2 rings (SSSR count). The van der Waals surface area contributed by atoms with E-state index in [9.17, 15) is 19.3 Å². The topological polar surface area (TPSA) is 81.5 Å². The van der Waals surface area contributed by atoms with E-state index >= 15 is 0 Å². The van der Waals surface area contributed by atoms with E-state index in [1.165, 1.54) is 5.56 Å². The Bertz CT molecular complexity index is 762. The predicted molar refractivity (Wildman–Crippen MR) is 90.9 cm³/mol. The van der Waals surface area contributed by atoms with Crippen LogP contribution in [0.2, 0.25) is 0 Å². The summed E-state index contributed by atoms with van der Waals surface area (Å²) in [7, 11) is 0. The standard InChI is InChI=1S/C18H19FN2O4/c1-3-13-4-6-14(7-5-13)12(2)20-18(22)11-25-17-10-15(19)8-9-16(17)21(23)24/h4-10,12H,3,11H2,1-2H3,(H,20,22).